The highest BCUT2D eigenvalue weighted by Crippen LogP contribution is 2.31. The number of hydrogen-bond donors (Lipinski definition) is 0. The van der Waals surface area contributed by atoms with Crippen LogP contribution in [0.15, 0.2) is 0 Å². The summed E-state index contributed by atoms with van der Waals surface area (Å²) in [5.41, 5.74) is 0. The first kappa shape index (κ1) is 9.04. The summed E-state index contributed by atoms with van der Waals surface area (Å²) in [6.45, 7) is 4.14. The molecule has 0 aromatic heterocycles. The fourth-order valence-corrected chi connectivity index (χ4v) is 2.09. The Morgan fingerprint density at radius 3 is 2.77 bits per heavy atom. The van der Waals surface area contributed by atoms with Crippen molar-refractivity contribution in [3.63, 3.8) is 0 Å². The Hall–Kier alpha value is -0.530. The molecule has 0 bridgehead atoms. The number of rotatable bonds is 2. The van der Waals surface area contributed by atoms with Gasteiger partial charge in [-0.1, -0.05) is 13.3 Å². The standard InChI is InChI=1S/C11H19NO/c1-9-4-2-3-7-12(11(9)13)8-10-5-6-10/h9-10H,2-8H2,1H3/t9-/m0/s1. The summed E-state index contributed by atoms with van der Waals surface area (Å²) in [6.07, 6.45) is 6.23. The zero-order valence-corrected chi connectivity index (χ0v) is 8.46. The van der Waals surface area contributed by atoms with Gasteiger partial charge in [0.15, 0.2) is 0 Å². The van der Waals surface area contributed by atoms with E-state index in [4.69, 9.17) is 0 Å². The van der Waals surface area contributed by atoms with Crippen molar-refractivity contribution >= 4 is 5.91 Å². The second-order valence-corrected chi connectivity index (χ2v) is 4.62. The highest BCUT2D eigenvalue weighted by Gasteiger charge is 2.29. The number of likely N-dealkylation sites (tertiary alicyclic amines) is 1. The highest BCUT2D eigenvalue weighted by molar-refractivity contribution is 5.78. The minimum Gasteiger partial charge on any atom is -0.342 e. The number of hydrogen-bond acceptors (Lipinski definition) is 1. The molecule has 1 atom stereocenters. The summed E-state index contributed by atoms with van der Waals surface area (Å²) in [7, 11) is 0. The van der Waals surface area contributed by atoms with Gasteiger partial charge in [-0.25, -0.2) is 0 Å². The Labute approximate surface area is 80.3 Å². The minimum atomic E-state index is 0.279. The van der Waals surface area contributed by atoms with Crippen molar-refractivity contribution in [1.82, 2.24) is 4.90 Å². The average molecular weight is 181 g/mol. The average Bonchev–Trinajstić information content (AvgIpc) is 2.91. The predicted octanol–water partition coefficient (Wildman–Crippen LogP) is 2.04. The van der Waals surface area contributed by atoms with E-state index in [1.165, 1.54) is 25.7 Å². The van der Waals surface area contributed by atoms with Crippen LogP contribution in [0.4, 0.5) is 0 Å². The third kappa shape index (κ3) is 2.23. The van der Waals surface area contributed by atoms with Gasteiger partial charge in [-0.05, 0) is 31.6 Å². The first-order chi connectivity index (χ1) is 6.27. The maximum Gasteiger partial charge on any atom is 0.225 e. The van der Waals surface area contributed by atoms with Gasteiger partial charge in [0.05, 0.1) is 0 Å². The molecule has 1 saturated heterocycles. The predicted molar refractivity (Wildman–Crippen MR) is 52.3 cm³/mol. The van der Waals surface area contributed by atoms with Gasteiger partial charge in [-0.3, -0.25) is 4.79 Å². The topological polar surface area (TPSA) is 20.3 Å². The molecule has 1 aliphatic heterocycles. The molecule has 2 heteroatoms. The Kier molecular flexibility index (Phi) is 2.56. The van der Waals surface area contributed by atoms with E-state index in [1.54, 1.807) is 0 Å². The molecular formula is C11H19NO. The van der Waals surface area contributed by atoms with Crippen LogP contribution >= 0.6 is 0 Å². The Morgan fingerprint density at radius 2 is 2.08 bits per heavy atom. The number of carbonyl (C=O) groups is 1. The summed E-state index contributed by atoms with van der Waals surface area (Å²) >= 11 is 0. The molecule has 0 radical (unpaired) electrons. The van der Waals surface area contributed by atoms with E-state index in [2.05, 4.69) is 11.8 Å². The molecule has 0 unspecified atom stereocenters. The van der Waals surface area contributed by atoms with Crippen LogP contribution < -0.4 is 0 Å². The third-order valence-corrected chi connectivity index (χ3v) is 3.22. The highest BCUT2D eigenvalue weighted by atomic mass is 16.2. The molecule has 2 fully saturated rings. The van der Waals surface area contributed by atoms with Crippen LogP contribution in [0.5, 0.6) is 0 Å². The van der Waals surface area contributed by atoms with Gasteiger partial charge in [0.2, 0.25) is 5.91 Å². The van der Waals surface area contributed by atoms with Crippen molar-refractivity contribution in [2.45, 2.75) is 39.0 Å². The number of nitrogens with zero attached hydrogens (tertiary/aromatic N) is 1. The molecular weight excluding hydrogens is 162 g/mol. The molecule has 1 saturated carbocycles. The molecule has 2 rings (SSSR count). The summed E-state index contributed by atoms with van der Waals surface area (Å²) in [4.78, 5) is 13.9. The van der Waals surface area contributed by atoms with Gasteiger partial charge in [-0.2, -0.15) is 0 Å². The molecule has 13 heavy (non-hydrogen) atoms. The molecule has 0 spiro atoms. The SMILES string of the molecule is C[C@H]1CCCCN(CC2CC2)C1=O. The molecule has 74 valence electrons. The lowest BCUT2D eigenvalue weighted by Crippen LogP contribution is -2.35. The largest absolute Gasteiger partial charge is 0.342 e. The fraction of sp³-hybridized carbons (Fsp3) is 0.909. The van der Waals surface area contributed by atoms with Crippen LogP contribution in [0.2, 0.25) is 0 Å². The molecule has 1 amide bonds. The van der Waals surface area contributed by atoms with Crippen LogP contribution in [0.25, 0.3) is 0 Å². The normalized spacial score (nSPS) is 30.4. The smallest absolute Gasteiger partial charge is 0.225 e. The summed E-state index contributed by atoms with van der Waals surface area (Å²) in [5, 5.41) is 0. The molecule has 0 aromatic rings. The number of carbonyl (C=O) groups excluding carboxylic acids is 1. The third-order valence-electron chi connectivity index (χ3n) is 3.22. The van der Waals surface area contributed by atoms with E-state index >= 15 is 0 Å². The first-order valence-electron chi connectivity index (χ1n) is 5.56. The van der Waals surface area contributed by atoms with Gasteiger partial charge in [-0.15, -0.1) is 0 Å². The van der Waals surface area contributed by atoms with Gasteiger partial charge in [0.1, 0.15) is 0 Å². The van der Waals surface area contributed by atoms with Crippen LogP contribution in [0.1, 0.15) is 39.0 Å². The molecule has 0 N–H and O–H groups in total. The molecule has 1 heterocycles. The zero-order chi connectivity index (χ0) is 9.26. The zero-order valence-electron chi connectivity index (χ0n) is 8.46. The minimum absolute atomic E-state index is 0.279. The molecule has 0 aromatic carbocycles. The van der Waals surface area contributed by atoms with Crippen LogP contribution in [0, 0.1) is 11.8 Å². The van der Waals surface area contributed by atoms with E-state index in [0.717, 1.165) is 25.4 Å². The van der Waals surface area contributed by atoms with Gasteiger partial charge in [0.25, 0.3) is 0 Å². The summed E-state index contributed by atoms with van der Waals surface area (Å²) in [5.74, 6) is 1.53. The monoisotopic (exact) mass is 181 g/mol. The second kappa shape index (κ2) is 3.69. The molecule has 2 nitrogen and oxygen atoms in total. The van der Waals surface area contributed by atoms with Crippen LogP contribution in [0.3, 0.4) is 0 Å². The van der Waals surface area contributed by atoms with Crippen molar-refractivity contribution in [3.8, 4) is 0 Å². The molecule has 2 aliphatic rings. The van der Waals surface area contributed by atoms with E-state index in [0.29, 0.717) is 5.91 Å². The Bertz CT molecular complexity index is 198. The Balaban J connectivity index is 1.92. The Morgan fingerprint density at radius 1 is 1.31 bits per heavy atom. The maximum absolute atomic E-state index is 11.8. The van der Waals surface area contributed by atoms with Crippen molar-refractivity contribution < 1.29 is 4.79 Å². The lowest BCUT2D eigenvalue weighted by atomic mass is 10.1. The fourth-order valence-electron chi connectivity index (χ4n) is 2.09. The first-order valence-corrected chi connectivity index (χ1v) is 5.56. The van der Waals surface area contributed by atoms with Crippen molar-refractivity contribution in [2.75, 3.05) is 13.1 Å². The van der Waals surface area contributed by atoms with Crippen molar-refractivity contribution in [3.05, 3.63) is 0 Å². The van der Waals surface area contributed by atoms with E-state index in [9.17, 15) is 4.79 Å². The molecule has 1 aliphatic carbocycles. The second-order valence-electron chi connectivity index (χ2n) is 4.62. The quantitative estimate of drug-likeness (QED) is 0.638. The lowest BCUT2D eigenvalue weighted by molar-refractivity contribution is -0.134. The van der Waals surface area contributed by atoms with Crippen LogP contribution in [-0.4, -0.2) is 23.9 Å². The van der Waals surface area contributed by atoms with Crippen molar-refractivity contribution in [1.29, 1.82) is 0 Å². The van der Waals surface area contributed by atoms with Gasteiger partial charge in [0, 0.05) is 19.0 Å². The van der Waals surface area contributed by atoms with Gasteiger partial charge < -0.3 is 4.90 Å². The van der Waals surface area contributed by atoms with E-state index < -0.39 is 0 Å². The van der Waals surface area contributed by atoms with Gasteiger partial charge >= 0.3 is 0 Å². The lowest BCUT2D eigenvalue weighted by Gasteiger charge is -2.22. The summed E-state index contributed by atoms with van der Waals surface area (Å²) < 4.78 is 0. The van der Waals surface area contributed by atoms with E-state index in [-0.39, 0.29) is 5.92 Å². The van der Waals surface area contributed by atoms with Crippen LogP contribution in [-0.2, 0) is 4.79 Å². The maximum atomic E-state index is 11.8. The van der Waals surface area contributed by atoms with Crippen molar-refractivity contribution in [2.24, 2.45) is 11.8 Å². The van der Waals surface area contributed by atoms with E-state index in [1.807, 2.05) is 0 Å². The summed E-state index contributed by atoms with van der Waals surface area (Å²) in [6, 6.07) is 0. The number of amides is 1.